The van der Waals surface area contributed by atoms with Gasteiger partial charge in [0.1, 0.15) is 5.60 Å². The molecule has 0 aliphatic carbocycles. The van der Waals surface area contributed by atoms with Crippen molar-refractivity contribution >= 4 is 5.91 Å². The molecule has 2 atom stereocenters. The van der Waals surface area contributed by atoms with E-state index in [0.717, 1.165) is 19.4 Å². The van der Waals surface area contributed by atoms with Gasteiger partial charge in [0.25, 0.3) is 5.91 Å². The van der Waals surface area contributed by atoms with Gasteiger partial charge in [0.2, 0.25) is 0 Å². The van der Waals surface area contributed by atoms with E-state index in [1.54, 1.807) is 0 Å². The third-order valence-corrected chi connectivity index (χ3v) is 2.86. The average molecular weight is 214 g/mol. The first-order valence-electron chi connectivity index (χ1n) is 5.65. The summed E-state index contributed by atoms with van der Waals surface area (Å²) in [4.78, 5) is 11.8. The topological polar surface area (TPSA) is 50.4 Å². The Morgan fingerprint density at radius 1 is 1.53 bits per heavy atom. The van der Waals surface area contributed by atoms with Crippen molar-refractivity contribution in [2.45, 2.75) is 32.3 Å². The van der Waals surface area contributed by atoms with Crippen LogP contribution in [0.15, 0.2) is 0 Å². The van der Waals surface area contributed by atoms with Crippen molar-refractivity contribution in [3.05, 3.63) is 0 Å². The van der Waals surface area contributed by atoms with Gasteiger partial charge in [0.05, 0.1) is 0 Å². The molecule has 1 fully saturated rings. The summed E-state index contributed by atoms with van der Waals surface area (Å²) in [5, 5.41) is 6.03. The largest absolute Gasteiger partial charge is 0.365 e. The normalized spacial score (nSPS) is 27.7. The summed E-state index contributed by atoms with van der Waals surface area (Å²) in [5.74, 6) is 0.479. The van der Waals surface area contributed by atoms with Gasteiger partial charge in [-0.2, -0.15) is 0 Å². The summed E-state index contributed by atoms with van der Waals surface area (Å²) in [7, 11) is 1.92. The van der Waals surface area contributed by atoms with Crippen LogP contribution in [0.2, 0.25) is 0 Å². The molecule has 0 saturated carbocycles. The molecule has 1 aliphatic heterocycles. The zero-order valence-corrected chi connectivity index (χ0v) is 9.93. The number of hydrogen-bond acceptors (Lipinski definition) is 3. The van der Waals surface area contributed by atoms with Crippen LogP contribution < -0.4 is 10.6 Å². The lowest BCUT2D eigenvalue weighted by molar-refractivity contribution is -0.139. The van der Waals surface area contributed by atoms with Crippen LogP contribution in [0.3, 0.4) is 0 Å². The summed E-state index contributed by atoms with van der Waals surface area (Å²) in [6.07, 6.45) is 1.81. The second kappa shape index (κ2) is 5.47. The summed E-state index contributed by atoms with van der Waals surface area (Å²) < 4.78 is 5.47. The average Bonchev–Trinajstić information content (AvgIpc) is 2.63. The Morgan fingerprint density at radius 3 is 2.80 bits per heavy atom. The van der Waals surface area contributed by atoms with Gasteiger partial charge in [-0.1, -0.05) is 6.92 Å². The van der Waals surface area contributed by atoms with E-state index in [9.17, 15) is 4.79 Å². The van der Waals surface area contributed by atoms with Crippen molar-refractivity contribution in [1.29, 1.82) is 0 Å². The van der Waals surface area contributed by atoms with E-state index in [1.807, 2.05) is 14.0 Å². The quantitative estimate of drug-likeness (QED) is 0.702. The maximum Gasteiger partial charge on any atom is 0.251 e. The highest BCUT2D eigenvalue weighted by molar-refractivity contribution is 5.84. The first kappa shape index (κ1) is 12.5. The molecule has 0 bridgehead atoms. The number of nitrogens with one attached hydrogen (secondary N) is 2. The SMILES string of the molecule is CNCC(C)CNC(=O)C1(C)CCCO1. The first-order valence-corrected chi connectivity index (χ1v) is 5.65. The van der Waals surface area contributed by atoms with Gasteiger partial charge in [0.15, 0.2) is 0 Å². The highest BCUT2D eigenvalue weighted by Crippen LogP contribution is 2.24. The van der Waals surface area contributed by atoms with Gasteiger partial charge in [-0.05, 0) is 39.3 Å². The first-order chi connectivity index (χ1) is 7.08. The Morgan fingerprint density at radius 2 is 2.27 bits per heavy atom. The van der Waals surface area contributed by atoms with Crippen molar-refractivity contribution in [2.24, 2.45) is 5.92 Å². The van der Waals surface area contributed by atoms with Crippen LogP contribution >= 0.6 is 0 Å². The molecule has 4 heteroatoms. The highest BCUT2D eigenvalue weighted by atomic mass is 16.5. The van der Waals surface area contributed by atoms with E-state index in [4.69, 9.17) is 4.74 Å². The minimum absolute atomic E-state index is 0.0305. The van der Waals surface area contributed by atoms with E-state index in [1.165, 1.54) is 0 Å². The molecule has 15 heavy (non-hydrogen) atoms. The predicted molar refractivity (Wildman–Crippen MR) is 59.7 cm³/mol. The fourth-order valence-electron chi connectivity index (χ4n) is 1.83. The molecule has 2 unspecified atom stereocenters. The van der Waals surface area contributed by atoms with Crippen LogP contribution in [0, 0.1) is 5.92 Å². The molecule has 2 N–H and O–H groups in total. The number of carbonyl (C=O) groups is 1. The van der Waals surface area contributed by atoms with Gasteiger partial charge in [-0.15, -0.1) is 0 Å². The molecular weight excluding hydrogens is 192 g/mol. The fraction of sp³-hybridized carbons (Fsp3) is 0.909. The smallest absolute Gasteiger partial charge is 0.251 e. The molecule has 1 aliphatic rings. The fourth-order valence-corrected chi connectivity index (χ4v) is 1.83. The molecule has 1 rings (SSSR count). The van der Waals surface area contributed by atoms with Gasteiger partial charge in [-0.25, -0.2) is 0 Å². The molecule has 1 amide bonds. The van der Waals surface area contributed by atoms with Crippen molar-refractivity contribution < 1.29 is 9.53 Å². The summed E-state index contributed by atoms with van der Waals surface area (Å²) >= 11 is 0. The van der Waals surface area contributed by atoms with E-state index < -0.39 is 5.60 Å². The Balaban J connectivity index is 2.29. The van der Waals surface area contributed by atoms with Crippen LogP contribution in [-0.4, -0.2) is 38.3 Å². The van der Waals surface area contributed by atoms with E-state index in [2.05, 4.69) is 17.6 Å². The number of rotatable bonds is 5. The van der Waals surface area contributed by atoms with Crippen LogP contribution in [0.5, 0.6) is 0 Å². The lowest BCUT2D eigenvalue weighted by Gasteiger charge is -2.23. The monoisotopic (exact) mass is 214 g/mol. The lowest BCUT2D eigenvalue weighted by atomic mass is 10.0. The molecule has 88 valence electrons. The minimum atomic E-state index is -0.584. The molecule has 0 spiro atoms. The van der Waals surface area contributed by atoms with E-state index in [-0.39, 0.29) is 5.91 Å². The minimum Gasteiger partial charge on any atom is -0.365 e. The third-order valence-electron chi connectivity index (χ3n) is 2.86. The molecule has 1 saturated heterocycles. The molecule has 1 heterocycles. The zero-order chi connectivity index (χ0) is 11.3. The predicted octanol–water partition coefficient (Wildman–Crippen LogP) is 0.527. The maximum absolute atomic E-state index is 11.8. The maximum atomic E-state index is 11.8. The zero-order valence-electron chi connectivity index (χ0n) is 9.93. The number of ether oxygens (including phenoxy) is 1. The van der Waals surface area contributed by atoms with Crippen molar-refractivity contribution in [2.75, 3.05) is 26.7 Å². The Kier molecular flexibility index (Phi) is 4.54. The van der Waals surface area contributed by atoms with Gasteiger partial charge in [-0.3, -0.25) is 4.79 Å². The number of hydrogen-bond donors (Lipinski definition) is 2. The molecule has 0 aromatic carbocycles. The summed E-state index contributed by atoms with van der Waals surface area (Å²) in [6.45, 7) is 6.30. The van der Waals surface area contributed by atoms with Crippen molar-refractivity contribution in [1.82, 2.24) is 10.6 Å². The number of amides is 1. The third kappa shape index (κ3) is 3.47. The second-order valence-electron chi connectivity index (χ2n) is 4.56. The summed E-state index contributed by atoms with van der Waals surface area (Å²) in [5.41, 5.74) is -0.584. The van der Waals surface area contributed by atoms with E-state index >= 15 is 0 Å². The van der Waals surface area contributed by atoms with Crippen LogP contribution in [0.1, 0.15) is 26.7 Å². The van der Waals surface area contributed by atoms with Crippen molar-refractivity contribution in [3.63, 3.8) is 0 Å². The number of carbonyl (C=O) groups excluding carboxylic acids is 1. The summed E-state index contributed by atoms with van der Waals surface area (Å²) in [6, 6.07) is 0. The molecule has 4 nitrogen and oxygen atoms in total. The Bertz CT molecular complexity index is 213. The molecule has 0 aromatic heterocycles. The standard InChI is InChI=1S/C11H22N2O2/c1-9(7-12-3)8-13-10(14)11(2)5-4-6-15-11/h9,12H,4-8H2,1-3H3,(H,13,14). The highest BCUT2D eigenvalue weighted by Gasteiger charge is 2.37. The second-order valence-corrected chi connectivity index (χ2v) is 4.56. The molecular formula is C11H22N2O2. The van der Waals surface area contributed by atoms with Crippen LogP contribution in [-0.2, 0) is 9.53 Å². The van der Waals surface area contributed by atoms with Crippen LogP contribution in [0.4, 0.5) is 0 Å². The lowest BCUT2D eigenvalue weighted by Crippen LogP contribution is -2.46. The van der Waals surface area contributed by atoms with E-state index in [0.29, 0.717) is 19.1 Å². The van der Waals surface area contributed by atoms with Gasteiger partial charge >= 0.3 is 0 Å². The Hall–Kier alpha value is -0.610. The Labute approximate surface area is 91.8 Å². The molecule has 0 aromatic rings. The van der Waals surface area contributed by atoms with Gasteiger partial charge in [0, 0.05) is 13.2 Å². The van der Waals surface area contributed by atoms with Gasteiger partial charge < -0.3 is 15.4 Å². The van der Waals surface area contributed by atoms with Crippen LogP contribution in [0.25, 0.3) is 0 Å². The molecule has 0 radical (unpaired) electrons. The van der Waals surface area contributed by atoms with Crippen molar-refractivity contribution in [3.8, 4) is 0 Å².